The minimum atomic E-state index is 0.879. The number of hydrogen-bond donors (Lipinski definition) is 1. The smallest absolute Gasteiger partial charge is 0.00000999 e. The largest absolute Gasteiger partial charge is 0.144 e. The van der Waals surface area contributed by atoms with E-state index in [2.05, 4.69) is 67.7 Å². The normalized spacial score (nSPS) is 15.6. The van der Waals surface area contributed by atoms with Crippen molar-refractivity contribution < 1.29 is 0 Å². The second-order valence-corrected chi connectivity index (χ2v) is 5.66. The van der Waals surface area contributed by atoms with Crippen LogP contribution in [0.2, 0.25) is 0 Å². The van der Waals surface area contributed by atoms with Crippen LogP contribution in [0.4, 0.5) is 0 Å². The Bertz CT molecular complexity index is 431. The molecule has 0 aromatic heterocycles. The summed E-state index contributed by atoms with van der Waals surface area (Å²) >= 11 is 4.41. The Labute approximate surface area is 125 Å². The number of rotatable bonds is 6. The minimum absolute atomic E-state index is 0.879. The summed E-state index contributed by atoms with van der Waals surface area (Å²) in [7, 11) is 0. The summed E-state index contributed by atoms with van der Waals surface area (Å²) in [6.07, 6.45) is 3.20. The zero-order chi connectivity index (χ0) is 15.2. The van der Waals surface area contributed by atoms with E-state index in [9.17, 15) is 0 Å². The Kier molecular flexibility index (Phi) is 8.17. The summed E-state index contributed by atoms with van der Waals surface area (Å²) < 4.78 is 0. The first kappa shape index (κ1) is 18.3. The molecule has 0 aromatic rings. The van der Waals surface area contributed by atoms with Crippen LogP contribution in [0.25, 0.3) is 0 Å². The fourth-order valence-electron chi connectivity index (χ4n) is 2.40. The Morgan fingerprint density at radius 3 is 1.47 bits per heavy atom. The molecule has 0 aromatic carbocycles. The number of thiol groups is 1. The van der Waals surface area contributed by atoms with Crippen molar-refractivity contribution in [2.45, 2.75) is 67.7 Å². The van der Waals surface area contributed by atoms with Gasteiger partial charge in [0.15, 0.2) is 0 Å². The third-order valence-corrected chi connectivity index (χ3v) is 4.48. The Balaban J connectivity index is 6.04. The Hall–Kier alpha value is -0.690. The van der Waals surface area contributed by atoms with Crippen molar-refractivity contribution in [1.82, 2.24) is 0 Å². The number of hydrogen-bond acceptors (Lipinski definition) is 1. The van der Waals surface area contributed by atoms with Crippen LogP contribution in [-0.2, 0) is 0 Å². The maximum atomic E-state index is 4.41. The van der Waals surface area contributed by atoms with E-state index in [-0.39, 0.29) is 0 Å². The third-order valence-electron chi connectivity index (χ3n) is 4.14. The summed E-state index contributed by atoms with van der Waals surface area (Å²) in [5, 5.41) is 0. The van der Waals surface area contributed by atoms with Crippen LogP contribution in [0, 0.1) is 0 Å². The van der Waals surface area contributed by atoms with E-state index in [1.54, 1.807) is 0 Å². The fraction of sp³-hybridized carbons (Fsp3) is 0.556. The van der Waals surface area contributed by atoms with Gasteiger partial charge in [-0.25, -0.2) is 0 Å². The van der Waals surface area contributed by atoms with E-state index >= 15 is 0 Å². The van der Waals surface area contributed by atoms with Crippen LogP contribution < -0.4 is 0 Å². The van der Waals surface area contributed by atoms with Gasteiger partial charge in [0.2, 0.25) is 0 Å². The van der Waals surface area contributed by atoms with Crippen LogP contribution >= 0.6 is 12.6 Å². The average Bonchev–Trinajstić information content (AvgIpc) is 2.41. The van der Waals surface area contributed by atoms with Crippen LogP contribution in [0.3, 0.4) is 0 Å². The molecule has 0 heterocycles. The van der Waals surface area contributed by atoms with E-state index in [0.717, 1.165) is 24.2 Å². The quantitative estimate of drug-likeness (QED) is 0.409. The third kappa shape index (κ3) is 4.72. The van der Waals surface area contributed by atoms with Gasteiger partial charge in [0.05, 0.1) is 0 Å². The number of allylic oxidation sites excluding steroid dienone is 6. The summed E-state index contributed by atoms with van der Waals surface area (Å²) in [6.45, 7) is 19.5. The van der Waals surface area contributed by atoms with Gasteiger partial charge in [0.1, 0.15) is 0 Å². The first-order valence-electron chi connectivity index (χ1n) is 7.26. The van der Waals surface area contributed by atoms with Crippen molar-refractivity contribution in [3.8, 4) is 0 Å². The predicted molar refractivity (Wildman–Crippen MR) is 92.8 cm³/mol. The van der Waals surface area contributed by atoms with Crippen molar-refractivity contribution in [3.05, 3.63) is 44.9 Å². The molecular weight excluding hydrogens is 248 g/mol. The lowest BCUT2D eigenvalue weighted by atomic mass is 9.88. The van der Waals surface area contributed by atoms with Gasteiger partial charge in [0, 0.05) is 4.91 Å². The first-order valence-corrected chi connectivity index (χ1v) is 7.71. The molecule has 0 spiro atoms. The van der Waals surface area contributed by atoms with Gasteiger partial charge in [-0.2, -0.15) is 0 Å². The Morgan fingerprint density at radius 2 is 1.16 bits per heavy atom. The zero-order valence-electron chi connectivity index (χ0n) is 13.8. The summed E-state index contributed by atoms with van der Waals surface area (Å²) in [4.78, 5) is 0.879. The molecule has 0 saturated heterocycles. The molecule has 0 atom stereocenters. The van der Waals surface area contributed by atoms with Crippen LogP contribution in [0.1, 0.15) is 67.7 Å². The van der Waals surface area contributed by atoms with Gasteiger partial charge in [0.25, 0.3) is 0 Å². The van der Waals surface area contributed by atoms with Crippen molar-refractivity contribution in [1.29, 1.82) is 0 Å². The highest BCUT2D eigenvalue weighted by Gasteiger charge is 2.11. The van der Waals surface area contributed by atoms with Gasteiger partial charge in [-0.05, 0) is 74.8 Å². The molecular formula is C18H30S. The SMILES string of the molecule is C=C(S)/C(C)=C(CC)/C(CC)=C(C)/C(C)=C(/C)CC. The van der Waals surface area contributed by atoms with Crippen molar-refractivity contribution in [3.63, 3.8) is 0 Å². The molecule has 1 heteroatoms. The monoisotopic (exact) mass is 278 g/mol. The lowest BCUT2D eigenvalue weighted by molar-refractivity contribution is 0.971. The van der Waals surface area contributed by atoms with Gasteiger partial charge in [-0.3, -0.25) is 0 Å². The van der Waals surface area contributed by atoms with Gasteiger partial charge in [-0.15, -0.1) is 12.6 Å². The van der Waals surface area contributed by atoms with E-state index < -0.39 is 0 Å². The highest BCUT2D eigenvalue weighted by Crippen LogP contribution is 2.31. The summed E-state index contributed by atoms with van der Waals surface area (Å²) in [5.41, 5.74) is 8.42. The predicted octanol–water partition coefficient (Wildman–Crippen LogP) is 6.63. The molecule has 19 heavy (non-hydrogen) atoms. The standard InChI is InChI=1S/C18H30S/c1-9-12(4)13(5)14(6)17(10-2)18(11-3)15(7)16(8)19/h19H,8-11H2,1-7H3/b13-12-,17-14+,18-15+. The molecule has 0 bridgehead atoms. The van der Waals surface area contributed by atoms with Gasteiger partial charge >= 0.3 is 0 Å². The zero-order valence-corrected chi connectivity index (χ0v) is 14.7. The lowest BCUT2D eigenvalue weighted by Gasteiger charge is -2.18. The molecule has 0 fully saturated rings. The molecule has 0 aliphatic heterocycles. The minimum Gasteiger partial charge on any atom is -0.144 e. The molecule has 0 nitrogen and oxygen atoms in total. The maximum Gasteiger partial charge on any atom is 0.00000999 e. The summed E-state index contributed by atoms with van der Waals surface area (Å²) in [6, 6.07) is 0. The van der Waals surface area contributed by atoms with E-state index in [1.165, 1.54) is 33.4 Å². The molecule has 0 unspecified atom stereocenters. The highest BCUT2D eigenvalue weighted by molar-refractivity contribution is 7.84. The summed E-state index contributed by atoms with van der Waals surface area (Å²) in [5.74, 6) is 0. The Morgan fingerprint density at radius 1 is 0.737 bits per heavy atom. The average molecular weight is 279 g/mol. The topological polar surface area (TPSA) is 0 Å². The molecule has 0 radical (unpaired) electrons. The van der Waals surface area contributed by atoms with Gasteiger partial charge in [-0.1, -0.05) is 32.9 Å². The first-order chi connectivity index (χ1) is 8.81. The lowest BCUT2D eigenvalue weighted by Crippen LogP contribution is -1.99. The second kappa shape index (κ2) is 8.47. The van der Waals surface area contributed by atoms with Crippen molar-refractivity contribution in [2.75, 3.05) is 0 Å². The van der Waals surface area contributed by atoms with Gasteiger partial charge < -0.3 is 0 Å². The van der Waals surface area contributed by atoms with E-state index in [4.69, 9.17) is 0 Å². The fourth-order valence-corrected chi connectivity index (χ4v) is 2.53. The molecule has 0 aliphatic rings. The van der Waals surface area contributed by atoms with Crippen molar-refractivity contribution >= 4 is 12.6 Å². The molecule has 0 amide bonds. The van der Waals surface area contributed by atoms with Crippen LogP contribution in [0.15, 0.2) is 44.9 Å². The second-order valence-electron chi connectivity index (χ2n) is 5.12. The van der Waals surface area contributed by atoms with E-state index in [0.29, 0.717) is 0 Å². The molecule has 108 valence electrons. The highest BCUT2D eigenvalue weighted by atomic mass is 32.1. The molecule has 0 aliphatic carbocycles. The molecule has 0 rings (SSSR count). The van der Waals surface area contributed by atoms with Crippen LogP contribution in [0.5, 0.6) is 0 Å². The van der Waals surface area contributed by atoms with E-state index in [1.807, 2.05) is 0 Å². The maximum absolute atomic E-state index is 4.41. The molecule has 0 saturated carbocycles. The van der Waals surface area contributed by atoms with Crippen LogP contribution in [-0.4, -0.2) is 0 Å². The van der Waals surface area contributed by atoms with Crippen molar-refractivity contribution in [2.24, 2.45) is 0 Å². The molecule has 0 N–H and O–H groups in total.